The lowest BCUT2D eigenvalue weighted by atomic mass is 9.94. The Morgan fingerprint density at radius 3 is 2.41 bits per heavy atom. The lowest BCUT2D eigenvalue weighted by molar-refractivity contribution is -0.140. The van der Waals surface area contributed by atoms with E-state index in [1.807, 2.05) is 37.3 Å². The molecule has 2 saturated heterocycles. The van der Waals surface area contributed by atoms with Crippen LogP contribution in [0, 0.1) is 12.7 Å². The van der Waals surface area contributed by atoms with Crippen LogP contribution in [0.1, 0.15) is 28.3 Å². The minimum absolute atomic E-state index is 0.00496. The van der Waals surface area contributed by atoms with Gasteiger partial charge in [0.15, 0.2) is 0 Å². The summed E-state index contributed by atoms with van der Waals surface area (Å²) in [6.45, 7) is 5.76. The van der Waals surface area contributed by atoms with E-state index in [0.717, 1.165) is 18.7 Å². The molecule has 1 amide bonds. The Kier molecular flexibility index (Phi) is 8.05. The minimum Gasteiger partial charge on any atom is -0.507 e. The fourth-order valence-electron chi connectivity index (χ4n) is 5.05. The molecule has 0 aromatic heterocycles. The fraction of sp³-hybridized carbons (Fsp3) is 0.290. The van der Waals surface area contributed by atoms with Crippen LogP contribution in [0.5, 0.6) is 5.75 Å². The number of aryl methyl sites for hydroxylation is 1. The molecule has 0 saturated carbocycles. The number of carbonyl (C=O) groups is 2. The standard InChI is InChI=1S/C31H31FN2O5/c1-21-19-25(39-20-22-5-3-2-4-6-22)11-12-26(21)29(35)27-28(23-7-9-24(32)10-8-23)34(31(37)30(27)36)14-13-33-15-17-38-18-16-33/h2-12,19,28,35H,13-18,20H2,1H3/b29-27+/t28-/m0/s1. The van der Waals surface area contributed by atoms with Gasteiger partial charge in [0.25, 0.3) is 11.7 Å². The maximum atomic E-state index is 13.8. The number of halogens is 1. The van der Waals surface area contributed by atoms with Crippen molar-refractivity contribution >= 4 is 17.4 Å². The molecule has 3 aromatic carbocycles. The molecular formula is C31H31FN2O5. The zero-order chi connectivity index (χ0) is 27.4. The molecule has 2 aliphatic rings. The Morgan fingerprint density at radius 1 is 1.00 bits per heavy atom. The number of ether oxygens (including phenoxy) is 2. The monoisotopic (exact) mass is 530 g/mol. The summed E-state index contributed by atoms with van der Waals surface area (Å²) >= 11 is 0. The summed E-state index contributed by atoms with van der Waals surface area (Å²) in [7, 11) is 0. The maximum Gasteiger partial charge on any atom is 0.295 e. The third-order valence-electron chi connectivity index (χ3n) is 7.19. The second kappa shape index (κ2) is 11.8. The first-order valence-corrected chi connectivity index (χ1v) is 13.0. The van der Waals surface area contributed by atoms with Crippen LogP contribution in [0.15, 0.2) is 78.4 Å². The largest absolute Gasteiger partial charge is 0.507 e. The summed E-state index contributed by atoms with van der Waals surface area (Å²) in [5.41, 5.74) is 2.70. The highest BCUT2D eigenvalue weighted by atomic mass is 19.1. The van der Waals surface area contributed by atoms with Gasteiger partial charge in [0, 0.05) is 31.7 Å². The Hall–Kier alpha value is -4.01. The van der Waals surface area contributed by atoms with Gasteiger partial charge in [-0.25, -0.2) is 4.39 Å². The van der Waals surface area contributed by atoms with Crippen molar-refractivity contribution in [1.29, 1.82) is 0 Å². The zero-order valence-corrected chi connectivity index (χ0v) is 21.8. The number of aliphatic hydroxyl groups is 1. The summed E-state index contributed by atoms with van der Waals surface area (Å²) in [6, 6.07) is 19.8. The van der Waals surface area contributed by atoms with Gasteiger partial charge in [-0.15, -0.1) is 0 Å². The van der Waals surface area contributed by atoms with Gasteiger partial charge < -0.3 is 19.5 Å². The normalized spacial score (nSPS) is 19.4. The van der Waals surface area contributed by atoms with Gasteiger partial charge in [-0.2, -0.15) is 0 Å². The van der Waals surface area contributed by atoms with Crippen molar-refractivity contribution < 1.29 is 28.6 Å². The second-order valence-electron chi connectivity index (χ2n) is 9.75. The number of amides is 1. The van der Waals surface area contributed by atoms with Crippen LogP contribution >= 0.6 is 0 Å². The van der Waals surface area contributed by atoms with Crippen LogP contribution in [-0.4, -0.2) is 66.0 Å². The molecule has 0 spiro atoms. The van der Waals surface area contributed by atoms with Gasteiger partial charge in [0.2, 0.25) is 0 Å². The van der Waals surface area contributed by atoms with Crippen molar-refractivity contribution in [2.45, 2.75) is 19.6 Å². The van der Waals surface area contributed by atoms with E-state index in [1.54, 1.807) is 30.3 Å². The predicted octanol–water partition coefficient (Wildman–Crippen LogP) is 4.47. The molecule has 202 valence electrons. The molecule has 8 heteroatoms. The summed E-state index contributed by atoms with van der Waals surface area (Å²) in [6.07, 6.45) is 0. The number of aliphatic hydroxyl groups excluding tert-OH is 1. The fourth-order valence-corrected chi connectivity index (χ4v) is 5.05. The Labute approximate surface area is 227 Å². The first kappa shape index (κ1) is 26.6. The SMILES string of the molecule is Cc1cc(OCc2ccccc2)ccc1/C(O)=C1\C(=O)C(=O)N(CCN2CCOCC2)[C@H]1c1ccc(F)cc1. The molecule has 2 fully saturated rings. The third-order valence-corrected chi connectivity index (χ3v) is 7.19. The van der Waals surface area contributed by atoms with Gasteiger partial charge in [-0.05, 0) is 53.9 Å². The lowest BCUT2D eigenvalue weighted by Crippen LogP contribution is -2.42. The number of carbonyl (C=O) groups excluding carboxylic acids is 2. The minimum atomic E-state index is -0.833. The molecule has 7 nitrogen and oxygen atoms in total. The molecule has 1 N–H and O–H groups in total. The van der Waals surface area contributed by atoms with E-state index in [0.29, 0.717) is 48.8 Å². The summed E-state index contributed by atoms with van der Waals surface area (Å²) in [5.74, 6) is -1.50. The van der Waals surface area contributed by atoms with E-state index in [1.165, 1.54) is 17.0 Å². The first-order valence-electron chi connectivity index (χ1n) is 13.0. The van der Waals surface area contributed by atoms with Gasteiger partial charge in [0.05, 0.1) is 24.8 Å². The van der Waals surface area contributed by atoms with Gasteiger partial charge in [-0.3, -0.25) is 14.5 Å². The van der Waals surface area contributed by atoms with E-state index >= 15 is 0 Å². The average Bonchev–Trinajstić information content (AvgIpc) is 3.21. The highest BCUT2D eigenvalue weighted by molar-refractivity contribution is 6.46. The van der Waals surface area contributed by atoms with Gasteiger partial charge >= 0.3 is 0 Å². The van der Waals surface area contributed by atoms with E-state index in [-0.39, 0.29) is 17.9 Å². The molecule has 0 unspecified atom stereocenters. The second-order valence-corrected chi connectivity index (χ2v) is 9.75. The van der Waals surface area contributed by atoms with Crippen molar-refractivity contribution in [3.8, 4) is 5.75 Å². The van der Waals surface area contributed by atoms with Crippen LogP contribution < -0.4 is 4.74 Å². The van der Waals surface area contributed by atoms with E-state index in [4.69, 9.17) is 9.47 Å². The third kappa shape index (κ3) is 5.87. The summed E-state index contributed by atoms with van der Waals surface area (Å²) in [4.78, 5) is 30.2. The Bertz CT molecular complexity index is 1370. The van der Waals surface area contributed by atoms with E-state index < -0.39 is 23.5 Å². The molecule has 3 aromatic rings. The van der Waals surface area contributed by atoms with Crippen molar-refractivity contribution in [3.63, 3.8) is 0 Å². The summed E-state index contributed by atoms with van der Waals surface area (Å²) in [5, 5.41) is 11.4. The highest BCUT2D eigenvalue weighted by Gasteiger charge is 2.46. The van der Waals surface area contributed by atoms with Crippen LogP contribution in [0.2, 0.25) is 0 Å². The number of likely N-dealkylation sites (tertiary alicyclic amines) is 1. The van der Waals surface area contributed by atoms with E-state index in [2.05, 4.69) is 4.90 Å². The van der Waals surface area contributed by atoms with Crippen LogP contribution in [0.3, 0.4) is 0 Å². The maximum absolute atomic E-state index is 13.8. The van der Waals surface area contributed by atoms with Crippen molar-refractivity contribution in [2.75, 3.05) is 39.4 Å². The molecule has 1 atom stereocenters. The number of benzene rings is 3. The Balaban J connectivity index is 1.45. The van der Waals surface area contributed by atoms with Crippen LogP contribution in [0.25, 0.3) is 5.76 Å². The highest BCUT2D eigenvalue weighted by Crippen LogP contribution is 2.40. The number of hydrogen-bond donors (Lipinski definition) is 1. The van der Waals surface area contributed by atoms with Gasteiger partial charge in [-0.1, -0.05) is 42.5 Å². The number of rotatable bonds is 8. The van der Waals surface area contributed by atoms with Crippen molar-refractivity contribution in [1.82, 2.24) is 9.80 Å². The van der Waals surface area contributed by atoms with Crippen molar-refractivity contribution in [3.05, 3.63) is 106 Å². The number of morpholine rings is 1. The van der Waals surface area contributed by atoms with Crippen LogP contribution in [-0.2, 0) is 20.9 Å². The number of ketones is 1. The number of Topliss-reactive ketones (excluding diaryl/α,β-unsaturated/α-hetero) is 1. The van der Waals surface area contributed by atoms with Crippen LogP contribution in [0.4, 0.5) is 4.39 Å². The predicted molar refractivity (Wildman–Crippen MR) is 145 cm³/mol. The smallest absolute Gasteiger partial charge is 0.295 e. The van der Waals surface area contributed by atoms with Crippen molar-refractivity contribution in [2.24, 2.45) is 0 Å². The number of hydrogen-bond acceptors (Lipinski definition) is 6. The zero-order valence-electron chi connectivity index (χ0n) is 21.8. The Morgan fingerprint density at radius 2 is 1.72 bits per heavy atom. The molecular weight excluding hydrogens is 499 g/mol. The molecule has 5 rings (SSSR count). The average molecular weight is 531 g/mol. The van der Waals surface area contributed by atoms with Gasteiger partial charge in [0.1, 0.15) is 23.9 Å². The quantitative estimate of drug-likeness (QED) is 0.263. The topological polar surface area (TPSA) is 79.3 Å². The first-order chi connectivity index (χ1) is 18.9. The number of nitrogens with zero attached hydrogens (tertiary/aromatic N) is 2. The molecule has 0 bridgehead atoms. The molecule has 39 heavy (non-hydrogen) atoms. The lowest BCUT2D eigenvalue weighted by Gasteiger charge is -2.31. The molecule has 2 heterocycles. The van der Waals surface area contributed by atoms with E-state index in [9.17, 15) is 19.1 Å². The summed E-state index contributed by atoms with van der Waals surface area (Å²) < 4.78 is 25.1. The molecule has 0 aliphatic carbocycles. The molecule has 0 radical (unpaired) electrons. The molecule has 2 aliphatic heterocycles.